The summed E-state index contributed by atoms with van der Waals surface area (Å²) >= 11 is 0. The summed E-state index contributed by atoms with van der Waals surface area (Å²) in [4.78, 5) is 6.52. The van der Waals surface area contributed by atoms with Crippen LogP contribution >= 0.6 is 0 Å². The molecule has 2 N–H and O–H groups in total. The molecule has 0 fully saturated rings. The number of nitrogens with zero attached hydrogens (tertiary/aromatic N) is 2. The van der Waals surface area contributed by atoms with Crippen LogP contribution in [0, 0.1) is 26.0 Å². The summed E-state index contributed by atoms with van der Waals surface area (Å²) in [5, 5.41) is 7.00. The van der Waals surface area contributed by atoms with E-state index in [-0.39, 0.29) is 37.0 Å². The fourth-order valence-electron chi connectivity index (χ4n) is 1.74. The molecule has 0 amide bonds. The molecule has 0 bridgehead atoms. The first kappa shape index (κ1) is 31.1. The number of aromatic nitrogens is 2. The molecule has 0 saturated heterocycles. The van der Waals surface area contributed by atoms with E-state index in [0.717, 1.165) is 5.69 Å². The zero-order chi connectivity index (χ0) is 21.0. The van der Waals surface area contributed by atoms with Gasteiger partial charge in [0.2, 0.25) is 0 Å². The molecule has 0 radical (unpaired) electrons. The largest absolute Gasteiger partial charge is 4.00 e. The van der Waals surface area contributed by atoms with E-state index in [2.05, 4.69) is 80.3 Å². The second kappa shape index (κ2) is 15.3. The van der Waals surface area contributed by atoms with Crippen molar-refractivity contribution in [1.82, 2.24) is 9.97 Å². The Hall–Kier alpha value is -0.637. The van der Waals surface area contributed by atoms with Crippen molar-refractivity contribution >= 4 is 0 Å². The van der Waals surface area contributed by atoms with Crippen molar-refractivity contribution in [1.29, 1.82) is 0 Å². The van der Waals surface area contributed by atoms with Crippen molar-refractivity contribution in [3.05, 3.63) is 57.7 Å². The van der Waals surface area contributed by atoms with Crippen LogP contribution in [0.15, 0.2) is 12.1 Å². The minimum atomic E-state index is 0. The van der Waals surface area contributed by atoms with Crippen molar-refractivity contribution in [3.63, 3.8) is 0 Å². The first-order valence-corrected chi connectivity index (χ1v) is 8.94. The quantitative estimate of drug-likeness (QED) is 0.456. The topological polar surface area (TPSA) is 59.8 Å². The van der Waals surface area contributed by atoms with Gasteiger partial charge in [-0.1, -0.05) is 65.3 Å². The van der Waals surface area contributed by atoms with E-state index in [4.69, 9.17) is 0 Å². The molecule has 0 saturated carbocycles. The molecular weight excluding hydrogens is 411 g/mol. The number of nitrogens with one attached hydrogen (secondary N) is 2. The molecule has 0 aliphatic carbocycles. The average Bonchev–Trinajstić information content (AvgIpc) is 3.09. The Kier molecular flexibility index (Phi) is 17.6. The van der Waals surface area contributed by atoms with Gasteiger partial charge in [-0.05, 0) is 12.3 Å². The van der Waals surface area contributed by atoms with Gasteiger partial charge in [0.25, 0.3) is 0 Å². The summed E-state index contributed by atoms with van der Waals surface area (Å²) in [6, 6.07) is 10.3. The van der Waals surface area contributed by atoms with Crippen LogP contribution in [0.4, 0.5) is 0 Å². The van der Waals surface area contributed by atoms with E-state index in [1.54, 1.807) is 28.2 Å². The molecule has 4 nitrogen and oxygen atoms in total. The minimum Gasteiger partial charge on any atom is -0.668 e. The van der Waals surface area contributed by atoms with Gasteiger partial charge in [-0.2, -0.15) is 28.2 Å². The first-order valence-electron chi connectivity index (χ1n) is 8.94. The smallest absolute Gasteiger partial charge is 0.668 e. The predicted molar refractivity (Wildman–Crippen MR) is 117 cm³/mol. The molecule has 152 valence electrons. The number of H-pyrrole nitrogens is 2. The van der Waals surface area contributed by atoms with Gasteiger partial charge in [0.1, 0.15) is 0 Å². The molecule has 0 unspecified atom stereocenters. The average molecular weight is 452 g/mol. The summed E-state index contributed by atoms with van der Waals surface area (Å²) in [5.74, 6) is 0. The van der Waals surface area contributed by atoms with E-state index in [1.807, 2.05) is 19.9 Å². The second-order valence-electron chi connectivity index (χ2n) is 8.32. The van der Waals surface area contributed by atoms with E-state index in [0.29, 0.717) is 0 Å². The van der Waals surface area contributed by atoms with E-state index >= 15 is 0 Å². The molecule has 2 rings (SSSR count). The summed E-state index contributed by atoms with van der Waals surface area (Å²) < 4.78 is 0. The third-order valence-electron chi connectivity index (χ3n) is 3.07. The number of aromatic amines is 2. The molecule has 0 aromatic carbocycles. The van der Waals surface area contributed by atoms with Crippen molar-refractivity contribution in [2.45, 2.75) is 66.2 Å². The fraction of sp³-hybridized carbons (Fsp3) is 0.636. The number of rotatable bonds is 0. The standard InChI is InChI=1S/C12H20N.C6H8N.2C2H6N.Zr/c1-11(2,3)9-7-8-10(13-9)12(4,5)6;1-5-3-4-6(2)7-5;2*1-3-2;/h7,13H,1-6H3;3,7H,1-2H3;2*1-2H3;/q4*-1;+4. The number of hydrogen-bond acceptors (Lipinski definition) is 0. The van der Waals surface area contributed by atoms with Crippen LogP contribution in [0.5, 0.6) is 0 Å². The molecule has 0 aliphatic rings. The normalized spacial score (nSPS) is 10.2. The predicted octanol–water partition coefficient (Wildman–Crippen LogP) is 6.08. The molecule has 0 spiro atoms. The van der Waals surface area contributed by atoms with E-state index in [9.17, 15) is 0 Å². The summed E-state index contributed by atoms with van der Waals surface area (Å²) in [5.41, 5.74) is 5.11. The Morgan fingerprint density at radius 2 is 1.19 bits per heavy atom. The van der Waals surface area contributed by atoms with Gasteiger partial charge in [0, 0.05) is 0 Å². The fourth-order valence-corrected chi connectivity index (χ4v) is 1.74. The minimum absolute atomic E-state index is 0. The monoisotopic (exact) mass is 450 g/mol. The van der Waals surface area contributed by atoms with Crippen LogP contribution in [0.2, 0.25) is 0 Å². The zero-order valence-corrected chi connectivity index (χ0v) is 22.0. The van der Waals surface area contributed by atoms with Crippen LogP contribution in [0.1, 0.15) is 64.3 Å². The van der Waals surface area contributed by atoms with Crippen molar-refractivity contribution < 1.29 is 26.2 Å². The van der Waals surface area contributed by atoms with Gasteiger partial charge in [0.15, 0.2) is 0 Å². The summed E-state index contributed by atoms with van der Waals surface area (Å²) in [6.07, 6.45) is 0. The third kappa shape index (κ3) is 16.1. The van der Waals surface area contributed by atoms with Gasteiger partial charge >= 0.3 is 26.2 Å². The Balaban J connectivity index is -0.000000347. The number of aryl methyl sites for hydroxylation is 2. The molecule has 0 atom stereocenters. The first-order chi connectivity index (χ1) is 11.8. The molecule has 2 aromatic rings. The number of hydrogen-bond donors (Lipinski definition) is 2. The van der Waals surface area contributed by atoms with E-state index < -0.39 is 0 Å². The van der Waals surface area contributed by atoms with Crippen LogP contribution in [0.3, 0.4) is 0 Å². The summed E-state index contributed by atoms with van der Waals surface area (Å²) in [6.45, 7) is 17.2. The SMILES string of the molecule is CC(C)(C)c1[c-]cc(C(C)(C)C)[nH]1.C[N-]C.C[N-]C.Cc1[c-]cc(C)[nH]1.[Zr+4]. The maximum absolute atomic E-state index is 3.50. The maximum Gasteiger partial charge on any atom is 4.00 e. The van der Waals surface area contributed by atoms with Crippen molar-refractivity contribution in [3.8, 4) is 0 Å². The molecule has 5 heteroatoms. The Labute approximate surface area is 187 Å². The molecule has 2 aromatic heterocycles. The van der Waals surface area contributed by atoms with Gasteiger partial charge < -0.3 is 20.6 Å². The summed E-state index contributed by atoms with van der Waals surface area (Å²) in [7, 11) is 7.00. The van der Waals surface area contributed by atoms with Crippen LogP contribution < -0.4 is 0 Å². The van der Waals surface area contributed by atoms with Gasteiger partial charge in [0.05, 0.1) is 0 Å². The van der Waals surface area contributed by atoms with Crippen LogP contribution in [-0.4, -0.2) is 38.2 Å². The second-order valence-corrected chi connectivity index (χ2v) is 8.32. The Bertz CT molecular complexity index is 525. The third-order valence-corrected chi connectivity index (χ3v) is 3.07. The molecule has 2 heterocycles. The Morgan fingerprint density at radius 1 is 0.741 bits per heavy atom. The van der Waals surface area contributed by atoms with Gasteiger partial charge in [-0.3, -0.25) is 0 Å². The van der Waals surface area contributed by atoms with Crippen LogP contribution in [-0.2, 0) is 37.0 Å². The molecular formula is C22H40N4Zr. The van der Waals surface area contributed by atoms with Gasteiger partial charge in [-0.15, -0.1) is 11.4 Å². The zero-order valence-electron chi connectivity index (χ0n) is 19.5. The Morgan fingerprint density at radius 3 is 1.33 bits per heavy atom. The molecule has 0 aliphatic heterocycles. The maximum atomic E-state index is 3.50. The van der Waals surface area contributed by atoms with Crippen molar-refractivity contribution in [2.75, 3.05) is 28.2 Å². The van der Waals surface area contributed by atoms with Gasteiger partial charge in [-0.25, -0.2) is 24.3 Å². The van der Waals surface area contributed by atoms with Crippen LogP contribution in [0.25, 0.3) is 10.6 Å². The van der Waals surface area contributed by atoms with Crippen molar-refractivity contribution in [2.24, 2.45) is 0 Å². The van der Waals surface area contributed by atoms with E-state index in [1.165, 1.54) is 17.1 Å². The molecule has 27 heavy (non-hydrogen) atoms.